The first-order valence-corrected chi connectivity index (χ1v) is 21.1. The van der Waals surface area contributed by atoms with Gasteiger partial charge < -0.3 is 4.42 Å². The molecule has 4 nitrogen and oxygen atoms in total. The molecule has 0 atom stereocenters. The van der Waals surface area contributed by atoms with Gasteiger partial charge in [0, 0.05) is 27.5 Å². The Hall–Kier alpha value is -8.21. The highest BCUT2D eigenvalue weighted by atomic mass is 16.3. The number of hydrogen-bond acceptors (Lipinski definition) is 4. The van der Waals surface area contributed by atoms with Crippen molar-refractivity contribution in [1.82, 2.24) is 15.0 Å². The molecule has 0 saturated heterocycles. The fourth-order valence-corrected chi connectivity index (χ4v) is 10.3. The topological polar surface area (TPSA) is 51.8 Å². The molecule has 2 aliphatic rings. The minimum absolute atomic E-state index is 0.389. The molecule has 2 heterocycles. The lowest BCUT2D eigenvalue weighted by atomic mass is 9.70. The lowest BCUT2D eigenvalue weighted by Gasteiger charge is -2.30. The van der Waals surface area contributed by atoms with Gasteiger partial charge in [0.25, 0.3) is 0 Å². The van der Waals surface area contributed by atoms with E-state index in [1.165, 1.54) is 55.6 Å². The molecule has 62 heavy (non-hydrogen) atoms. The summed E-state index contributed by atoms with van der Waals surface area (Å²) >= 11 is 0. The van der Waals surface area contributed by atoms with Crippen molar-refractivity contribution in [2.75, 3.05) is 0 Å². The number of furan rings is 1. The van der Waals surface area contributed by atoms with Crippen LogP contribution in [0, 0.1) is 0 Å². The van der Waals surface area contributed by atoms with Gasteiger partial charge >= 0.3 is 0 Å². The van der Waals surface area contributed by atoms with Crippen LogP contribution in [-0.2, 0) is 5.41 Å². The molecule has 2 aromatic heterocycles. The summed E-state index contributed by atoms with van der Waals surface area (Å²) in [5, 5.41) is 1.99. The molecule has 2 aliphatic carbocycles. The molecule has 13 rings (SSSR count). The molecule has 288 valence electrons. The zero-order chi connectivity index (χ0) is 40.8. The Kier molecular flexibility index (Phi) is 7.49. The maximum absolute atomic E-state index is 6.52. The summed E-state index contributed by atoms with van der Waals surface area (Å²) in [7, 11) is 0. The molecule has 4 heteroatoms. The van der Waals surface area contributed by atoms with E-state index in [0.717, 1.165) is 49.8 Å². The van der Waals surface area contributed by atoms with Gasteiger partial charge in [0.15, 0.2) is 17.5 Å². The Morgan fingerprint density at radius 1 is 0.290 bits per heavy atom. The summed E-state index contributed by atoms with van der Waals surface area (Å²) in [6, 6.07) is 75.8. The molecule has 0 saturated carbocycles. The van der Waals surface area contributed by atoms with Crippen molar-refractivity contribution in [3.05, 3.63) is 235 Å². The van der Waals surface area contributed by atoms with E-state index < -0.39 is 0 Å². The highest BCUT2D eigenvalue weighted by molar-refractivity contribution is 6.13. The Labute approximate surface area is 358 Å². The highest BCUT2D eigenvalue weighted by Gasteiger charge is 2.51. The maximum Gasteiger partial charge on any atom is 0.164 e. The van der Waals surface area contributed by atoms with Gasteiger partial charge in [-0.2, -0.15) is 0 Å². The number of fused-ring (bicyclic) bond motifs is 13. The van der Waals surface area contributed by atoms with Crippen LogP contribution >= 0.6 is 0 Å². The van der Waals surface area contributed by atoms with Crippen molar-refractivity contribution in [1.29, 1.82) is 0 Å². The molecule has 1 spiro atoms. The molecule has 0 bridgehead atoms. The molecule has 0 unspecified atom stereocenters. The zero-order valence-corrected chi connectivity index (χ0v) is 33.5. The predicted molar refractivity (Wildman–Crippen MR) is 251 cm³/mol. The number of benzene rings is 9. The molecule has 0 aliphatic heterocycles. The van der Waals surface area contributed by atoms with Crippen LogP contribution in [0.5, 0.6) is 0 Å². The van der Waals surface area contributed by atoms with Crippen LogP contribution in [0.15, 0.2) is 217 Å². The van der Waals surface area contributed by atoms with Crippen LogP contribution < -0.4 is 0 Å². The van der Waals surface area contributed by atoms with Crippen LogP contribution in [0.2, 0.25) is 0 Å². The summed E-state index contributed by atoms with van der Waals surface area (Å²) in [6.45, 7) is 0. The van der Waals surface area contributed by atoms with Gasteiger partial charge in [-0.15, -0.1) is 0 Å². The van der Waals surface area contributed by atoms with Crippen molar-refractivity contribution in [3.63, 3.8) is 0 Å². The largest absolute Gasteiger partial charge is 0.456 e. The molecular formula is C58H35N3O. The highest BCUT2D eigenvalue weighted by Crippen LogP contribution is 2.63. The van der Waals surface area contributed by atoms with Gasteiger partial charge in [-0.05, 0) is 97.1 Å². The van der Waals surface area contributed by atoms with Crippen LogP contribution in [0.1, 0.15) is 22.3 Å². The van der Waals surface area contributed by atoms with E-state index in [2.05, 4.69) is 140 Å². The minimum Gasteiger partial charge on any atom is -0.456 e. The second-order valence-corrected chi connectivity index (χ2v) is 16.3. The Morgan fingerprint density at radius 2 is 0.742 bits per heavy atom. The molecule has 0 radical (unpaired) electrons. The smallest absolute Gasteiger partial charge is 0.164 e. The predicted octanol–water partition coefficient (Wildman–Crippen LogP) is 14.4. The minimum atomic E-state index is -0.389. The molecule has 0 amide bonds. The number of nitrogens with zero attached hydrogens (tertiary/aromatic N) is 3. The van der Waals surface area contributed by atoms with E-state index in [-0.39, 0.29) is 5.41 Å². The normalized spacial score (nSPS) is 13.0. The molecule has 11 aromatic rings. The monoisotopic (exact) mass is 789 g/mol. The van der Waals surface area contributed by atoms with Gasteiger partial charge in [0.1, 0.15) is 11.2 Å². The quantitative estimate of drug-likeness (QED) is 0.174. The Balaban J connectivity index is 0.947. The van der Waals surface area contributed by atoms with E-state index >= 15 is 0 Å². The third-order valence-corrected chi connectivity index (χ3v) is 13.0. The first kappa shape index (κ1) is 34.6. The standard InChI is InChI=1S/C58H35N3O/c1-3-15-36(16-4-1)55-59-56(37-17-5-2-6-18-37)61-57(60-55)46-24-14-28-53-54(46)47-34-40(30-32-52(47)62-53)38-19-13-20-39(33-38)41-29-31-45-44-23-9-12-27-50(44)58(51(45)35-41)48-25-10-7-21-42(48)43-22-8-11-26-49(43)58/h1-35H. The average molecular weight is 790 g/mol. The van der Waals surface area contributed by atoms with Gasteiger partial charge in [0.05, 0.1) is 5.41 Å². The lowest BCUT2D eigenvalue weighted by Crippen LogP contribution is -2.25. The van der Waals surface area contributed by atoms with Crippen LogP contribution in [0.3, 0.4) is 0 Å². The Bertz CT molecular complexity index is 3470. The van der Waals surface area contributed by atoms with Crippen molar-refractivity contribution < 1.29 is 4.42 Å². The zero-order valence-electron chi connectivity index (χ0n) is 33.5. The SMILES string of the molecule is c1ccc(-c2nc(-c3ccccc3)nc(-c3cccc4oc5ccc(-c6cccc(-c7ccc8c(c7)C7(c9ccccc9-c9ccccc97)c7ccccc7-8)c6)cc5c34)n2)cc1. The van der Waals surface area contributed by atoms with E-state index in [0.29, 0.717) is 17.5 Å². The van der Waals surface area contributed by atoms with Crippen molar-refractivity contribution >= 4 is 21.9 Å². The van der Waals surface area contributed by atoms with Crippen molar-refractivity contribution in [2.45, 2.75) is 5.41 Å². The first-order chi connectivity index (χ1) is 30.7. The second-order valence-electron chi connectivity index (χ2n) is 16.3. The van der Waals surface area contributed by atoms with Gasteiger partial charge in [0.2, 0.25) is 0 Å². The fourth-order valence-electron chi connectivity index (χ4n) is 10.3. The van der Waals surface area contributed by atoms with Crippen molar-refractivity contribution in [2.24, 2.45) is 0 Å². The fraction of sp³-hybridized carbons (Fsp3) is 0.0172. The Morgan fingerprint density at radius 3 is 1.35 bits per heavy atom. The van der Waals surface area contributed by atoms with Gasteiger partial charge in [-0.3, -0.25) is 0 Å². The van der Waals surface area contributed by atoms with Gasteiger partial charge in [-0.25, -0.2) is 15.0 Å². The molecule has 0 N–H and O–H groups in total. The van der Waals surface area contributed by atoms with E-state index in [9.17, 15) is 0 Å². The molecule has 9 aromatic carbocycles. The summed E-state index contributed by atoms with van der Waals surface area (Å²) in [5.41, 5.74) is 19.2. The van der Waals surface area contributed by atoms with Crippen LogP contribution in [-0.4, -0.2) is 15.0 Å². The summed E-state index contributed by atoms with van der Waals surface area (Å²) in [4.78, 5) is 15.1. The van der Waals surface area contributed by atoms with E-state index in [1.54, 1.807) is 0 Å². The third kappa shape index (κ3) is 5.04. The van der Waals surface area contributed by atoms with Crippen LogP contribution in [0.4, 0.5) is 0 Å². The average Bonchev–Trinajstić information content (AvgIpc) is 3.98. The van der Waals surface area contributed by atoms with Crippen molar-refractivity contribution in [3.8, 4) is 78.7 Å². The van der Waals surface area contributed by atoms with Crippen LogP contribution in [0.25, 0.3) is 101 Å². The first-order valence-electron chi connectivity index (χ1n) is 21.1. The third-order valence-electron chi connectivity index (χ3n) is 13.0. The summed E-state index contributed by atoms with van der Waals surface area (Å²) in [5.74, 6) is 1.85. The molecular weight excluding hydrogens is 755 g/mol. The number of rotatable bonds is 5. The van der Waals surface area contributed by atoms with E-state index in [4.69, 9.17) is 19.4 Å². The number of aromatic nitrogens is 3. The maximum atomic E-state index is 6.52. The van der Waals surface area contributed by atoms with E-state index in [1.807, 2.05) is 72.8 Å². The number of hydrogen-bond donors (Lipinski definition) is 0. The second kappa shape index (κ2) is 13.4. The van der Waals surface area contributed by atoms with Gasteiger partial charge in [-0.1, -0.05) is 182 Å². The summed E-state index contributed by atoms with van der Waals surface area (Å²) < 4.78 is 6.52. The summed E-state index contributed by atoms with van der Waals surface area (Å²) in [6.07, 6.45) is 0. The lowest BCUT2D eigenvalue weighted by molar-refractivity contribution is 0.669. The molecule has 0 fully saturated rings.